The smallest absolute Gasteiger partial charge is 0.269 e. The van der Waals surface area contributed by atoms with E-state index < -0.39 is 0 Å². The van der Waals surface area contributed by atoms with Crippen molar-refractivity contribution in [3.05, 3.63) is 29.0 Å². The van der Waals surface area contributed by atoms with Crippen molar-refractivity contribution in [1.82, 2.24) is 15.2 Å². The second-order valence-electron chi connectivity index (χ2n) is 6.36. The first-order valence-corrected chi connectivity index (χ1v) is 7.88. The predicted octanol–water partition coefficient (Wildman–Crippen LogP) is 2.98. The van der Waals surface area contributed by atoms with E-state index in [4.69, 9.17) is 11.6 Å². The Morgan fingerprint density at radius 3 is 2.95 bits per heavy atom. The first kappa shape index (κ1) is 16.2. The van der Waals surface area contributed by atoms with E-state index in [1.807, 2.05) is 0 Å². The lowest BCUT2D eigenvalue weighted by atomic mass is 9.75. The zero-order valence-corrected chi connectivity index (χ0v) is 13.8. The Morgan fingerprint density at radius 1 is 1.57 bits per heavy atom. The fourth-order valence-corrected chi connectivity index (χ4v) is 3.38. The van der Waals surface area contributed by atoms with Crippen LogP contribution in [0, 0.1) is 5.92 Å². The van der Waals surface area contributed by atoms with Gasteiger partial charge in [-0.1, -0.05) is 31.4 Å². The van der Waals surface area contributed by atoms with Crippen LogP contribution in [0.2, 0.25) is 5.02 Å². The molecule has 0 radical (unpaired) electrons. The standard InChI is InChI=1S/C16H24ClN3O/c1-12-5-4-7-16(10-12,20(2)3)11-19-15(21)14-9-13(17)6-8-18-14/h6,8-9,12H,4-5,7,10-11H2,1-3H3,(H,19,21). The van der Waals surface area contributed by atoms with Crippen molar-refractivity contribution in [2.24, 2.45) is 5.92 Å². The Balaban J connectivity index is 2.03. The number of aromatic nitrogens is 1. The summed E-state index contributed by atoms with van der Waals surface area (Å²) in [5.74, 6) is 0.541. The van der Waals surface area contributed by atoms with Crippen LogP contribution in [-0.4, -0.2) is 42.0 Å². The van der Waals surface area contributed by atoms with Gasteiger partial charge < -0.3 is 10.2 Å². The molecule has 1 aliphatic carbocycles. The first-order chi connectivity index (χ1) is 9.93. The third kappa shape index (κ3) is 3.95. The van der Waals surface area contributed by atoms with Crippen LogP contribution >= 0.6 is 11.6 Å². The normalized spacial score (nSPS) is 25.9. The first-order valence-electron chi connectivity index (χ1n) is 7.50. The van der Waals surface area contributed by atoms with Gasteiger partial charge in [0.2, 0.25) is 0 Å². The number of nitrogens with one attached hydrogen (secondary N) is 1. The molecule has 1 aromatic heterocycles. The van der Waals surface area contributed by atoms with Gasteiger partial charge in [-0.25, -0.2) is 0 Å². The van der Waals surface area contributed by atoms with Gasteiger partial charge in [0.25, 0.3) is 5.91 Å². The van der Waals surface area contributed by atoms with Crippen LogP contribution in [-0.2, 0) is 0 Å². The van der Waals surface area contributed by atoms with Crippen molar-refractivity contribution in [2.75, 3.05) is 20.6 Å². The van der Waals surface area contributed by atoms with Crippen LogP contribution in [0.25, 0.3) is 0 Å². The average Bonchev–Trinajstić information content (AvgIpc) is 2.44. The van der Waals surface area contributed by atoms with Crippen LogP contribution in [0.1, 0.15) is 43.1 Å². The summed E-state index contributed by atoms with van der Waals surface area (Å²) in [5.41, 5.74) is 0.423. The second kappa shape index (κ2) is 6.75. The minimum atomic E-state index is -0.156. The molecule has 1 heterocycles. The number of pyridine rings is 1. The molecule has 21 heavy (non-hydrogen) atoms. The number of rotatable bonds is 4. The molecule has 1 amide bonds. The number of hydrogen-bond acceptors (Lipinski definition) is 3. The van der Waals surface area contributed by atoms with Crippen LogP contribution in [0.15, 0.2) is 18.3 Å². The number of amides is 1. The molecule has 0 saturated heterocycles. The maximum absolute atomic E-state index is 12.2. The summed E-state index contributed by atoms with van der Waals surface area (Å²) in [6.45, 7) is 2.94. The van der Waals surface area contributed by atoms with E-state index in [2.05, 4.69) is 36.2 Å². The Morgan fingerprint density at radius 2 is 2.33 bits per heavy atom. The van der Waals surface area contributed by atoms with E-state index in [9.17, 15) is 4.79 Å². The molecular formula is C16H24ClN3O. The van der Waals surface area contributed by atoms with E-state index in [0.717, 1.165) is 12.8 Å². The van der Waals surface area contributed by atoms with Gasteiger partial charge in [-0.3, -0.25) is 9.78 Å². The summed E-state index contributed by atoms with van der Waals surface area (Å²) in [6, 6.07) is 3.27. The number of nitrogens with zero attached hydrogens (tertiary/aromatic N) is 2. The van der Waals surface area contributed by atoms with Gasteiger partial charge in [-0.2, -0.15) is 0 Å². The monoisotopic (exact) mass is 309 g/mol. The van der Waals surface area contributed by atoms with Gasteiger partial charge in [-0.05, 0) is 45.0 Å². The Bertz CT molecular complexity index is 506. The number of carbonyl (C=O) groups excluding carboxylic acids is 1. The SMILES string of the molecule is CC1CCCC(CNC(=O)c2cc(Cl)ccn2)(N(C)C)C1. The molecule has 2 unspecified atom stereocenters. The third-order valence-corrected chi connectivity index (χ3v) is 4.78. The lowest BCUT2D eigenvalue weighted by molar-refractivity contribution is 0.0673. The maximum Gasteiger partial charge on any atom is 0.269 e. The fourth-order valence-electron chi connectivity index (χ4n) is 3.22. The molecule has 4 nitrogen and oxygen atoms in total. The summed E-state index contributed by atoms with van der Waals surface area (Å²) >= 11 is 5.91. The summed E-state index contributed by atoms with van der Waals surface area (Å²) in [5, 5.41) is 3.57. The molecule has 0 aliphatic heterocycles. The van der Waals surface area contributed by atoms with Crippen LogP contribution in [0.4, 0.5) is 0 Å². The number of halogens is 1. The molecule has 2 rings (SSSR count). The van der Waals surface area contributed by atoms with E-state index in [-0.39, 0.29) is 11.4 Å². The molecule has 1 aliphatic rings. The van der Waals surface area contributed by atoms with E-state index >= 15 is 0 Å². The fraction of sp³-hybridized carbons (Fsp3) is 0.625. The minimum absolute atomic E-state index is 0.0475. The Labute approximate surface area is 131 Å². The van der Waals surface area contributed by atoms with Crippen molar-refractivity contribution < 1.29 is 4.79 Å². The number of likely N-dealkylation sites (N-methyl/N-ethyl adjacent to an activating group) is 1. The van der Waals surface area contributed by atoms with Gasteiger partial charge in [0.1, 0.15) is 5.69 Å². The largest absolute Gasteiger partial charge is 0.349 e. The molecule has 1 fully saturated rings. The molecular weight excluding hydrogens is 286 g/mol. The van der Waals surface area contributed by atoms with Gasteiger partial charge in [0.05, 0.1) is 0 Å². The van der Waals surface area contributed by atoms with Crippen LogP contribution < -0.4 is 5.32 Å². The highest BCUT2D eigenvalue weighted by Crippen LogP contribution is 2.35. The van der Waals surface area contributed by atoms with Gasteiger partial charge >= 0.3 is 0 Å². The maximum atomic E-state index is 12.2. The lowest BCUT2D eigenvalue weighted by Crippen LogP contribution is -2.55. The van der Waals surface area contributed by atoms with Crippen molar-refractivity contribution in [3.8, 4) is 0 Å². The predicted molar refractivity (Wildman–Crippen MR) is 85.6 cm³/mol. The van der Waals surface area contributed by atoms with E-state index in [1.54, 1.807) is 18.3 Å². The van der Waals surface area contributed by atoms with Crippen LogP contribution in [0.5, 0.6) is 0 Å². The van der Waals surface area contributed by atoms with Crippen LogP contribution in [0.3, 0.4) is 0 Å². The summed E-state index contributed by atoms with van der Waals surface area (Å²) in [4.78, 5) is 18.6. The molecule has 0 spiro atoms. The molecule has 1 N–H and O–H groups in total. The molecule has 0 aromatic carbocycles. The zero-order valence-electron chi connectivity index (χ0n) is 13.0. The summed E-state index contributed by atoms with van der Waals surface area (Å²) < 4.78 is 0. The Hall–Kier alpha value is -1.13. The summed E-state index contributed by atoms with van der Waals surface area (Å²) in [7, 11) is 4.20. The molecule has 1 saturated carbocycles. The van der Waals surface area contributed by atoms with Crippen molar-refractivity contribution >= 4 is 17.5 Å². The lowest BCUT2D eigenvalue weighted by Gasteiger charge is -2.45. The number of hydrogen-bond donors (Lipinski definition) is 1. The second-order valence-corrected chi connectivity index (χ2v) is 6.80. The highest BCUT2D eigenvalue weighted by molar-refractivity contribution is 6.30. The zero-order chi connectivity index (χ0) is 15.5. The third-order valence-electron chi connectivity index (χ3n) is 4.55. The average molecular weight is 310 g/mol. The molecule has 5 heteroatoms. The number of carbonyl (C=O) groups is 1. The van der Waals surface area contributed by atoms with Gasteiger partial charge in [0, 0.05) is 23.3 Å². The topological polar surface area (TPSA) is 45.2 Å². The molecule has 1 aromatic rings. The van der Waals surface area contributed by atoms with Crippen molar-refractivity contribution in [3.63, 3.8) is 0 Å². The molecule has 116 valence electrons. The summed E-state index contributed by atoms with van der Waals surface area (Å²) in [6.07, 6.45) is 6.28. The van der Waals surface area contributed by atoms with Gasteiger partial charge in [-0.15, -0.1) is 0 Å². The highest BCUT2D eigenvalue weighted by atomic mass is 35.5. The highest BCUT2D eigenvalue weighted by Gasteiger charge is 2.37. The van der Waals surface area contributed by atoms with E-state index in [1.165, 1.54) is 12.8 Å². The minimum Gasteiger partial charge on any atom is -0.349 e. The van der Waals surface area contributed by atoms with Gasteiger partial charge in [0.15, 0.2) is 0 Å². The van der Waals surface area contributed by atoms with Crippen molar-refractivity contribution in [1.29, 1.82) is 0 Å². The molecule has 2 atom stereocenters. The quantitative estimate of drug-likeness (QED) is 0.930. The van der Waals surface area contributed by atoms with Crippen molar-refractivity contribution in [2.45, 2.75) is 38.1 Å². The molecule has 0 bridgehead atoms. The Kier molecular flexibility index (Phi) is 5.22. The van der Waals surface area contributed by atoms with E-state index in [0.29, 0.717) is 23.2 Å².